The molecule has 1 N–H and O–H groups in total. The van der Waals surface area contributed by atoms with Crippen molar-refractivity contribution in [3.05, 3.63) is 16.0 Å². The van der Waals surface area contributed by atoms with Gasteiger partial charge in [0.1, 0.15) is 0 Å². The molecule has 0 aromatic carbocycles. The van der Waals surface area contributed by atoms with Gasteiger partial charge < -0.3 is 21.3 Å². The molecule has 7 heteroatoms. The standard InChI is InChI=1S/C9H21N2.C8H18N2.C4H9N.C3H7N.Mo/c1-7(2)10-8(3)11-9(4,5)6;1-6(2)9-8(5)10-7(3)4;1-4(2,3)5;1-3(2)4;/h7-8,10H,1-6H3;6-8H,1-5H3;1-3H3;3H,1-2H3;/q-1;-2;;;. The predicted octanol–water partition coefficient (Wildman–Crippen LogP) is 8.04. The third-order valence-corrected chi connectivity index (χ3v) is 5.57. The van der Waals surface area contributed by atoms with E-state index in [1.807, 2.05) is 6.92 Å². The van der Waals surface area contributed by atoms with E-state index in [9.17, 15) is 0 Å². The van der Waals surface area contributed by atoms with Crippen LogP contribution >= 0.6 is 0 Å². The summed E-state index contributed by atoms with van der Waals surface area (Å²) in [4.78, 5) is 0. The number of hydrogen-bond donors (Lipinski definition) is 1. The molecule has 0 aliphatic rings. The van der Waals surface area contributed by atoms with Gasteiger partial charge in [-0.15, -0.1) is 24.5 Å². The van der Waals surface area contributed by atoms with Crippen molar-refractivity contribution in [2.24, 2.45) is 6.99 Å². The van der Waals surface area contributed by atoms with Crippen molar-refractivity contribution in [1.29, 1.82) is 0 Å². The molecule has 1 unspecified atom stereocenters. The molecule has 31 heavy (non-hydrogen) atoms. The van der Waals surface area contributed by atoms with Crippen molar-refractivity contribution in [3.8, 4) is 0 Å². The second kappa shape index (κ2) is 18.5. The van der Waals surface area contributed by atoms with E-state index in [0.717, 1.165) is 0 Å². The molecule has 0 aliphatic carbocycles. The normalized spacial score (nSPS) is 13.1. The molecule has 0 aromatic heterocycles. The molecule has 0 saturated heterocycles. The first kappa shape index (κ1) is 35.7. The molecule has 0 amide bonds. The number of nitrogens with zero attached hydrogens (tertiary/aromatic N) is 5. The first-order chi connectivity index (χ1) is 13.7. The minimum atomic E-state index is -0.418. The SMILES string of the molecule is CC(C)NC(C)[N-]C(C)(C)C.CC(C)[N-]C(C)[N-]C(C)C.CC(C)[N]=[Mo]=[N]C(C)(C)C. The fraction of sp³-hybridized carbons (Fsp3) is 1.00. The van der Waals surface area contributed by atoms with Crippen molar-refractivity contribution in [2.75, 3.05) is 0 Å². The van der Waals surface area contributed by atoms with E-state index in [2.05, 4.69) is 132 Å². The number of rotatable bonds is 8. The maximum atomic E-state index is 4.54. The van der Waals surface area contributed by atoms with Crippen molar-refractivity contribution < 1.29 is 18.2 Å². The van der Waals surface area contributed by atoms with Crippen molar-refractivity contribution in [3.63, 3.8) is 0 Å². The number of hydrogen-bond acceptors (Lipinski definition) is 3. The summed E-state index contributed by atoms with van der Waals surface area (Å²) in [7, 11) is 0. The van der Waals surface area contributed by atoms with Crippen LogP contribution in [0.15, 0.2) is 6.99 Å². The third kappa shape index (κ3) is 40.9. The van der Waals surface area contributed by atoms with Gasteiger partial charge in [-0.2, -0.15) is 0 Å². The fourth-order valence-corrected chi connectivity index (χ4v) is 3.42. The zero-order valence-electron chi connectivity index (χ0n) is 23.6. The van der Waals surface area contributed by atoms with E-state index in [-0.39, 0.29) is 23.4 Å². The van der Waals surface area contributed by atoms with Crippen LogP contribution in [0.3, 0.4) is 0 Å². The average molecular weight is 524 g/mol. The Labute approximate surface area is 204 Å². The summed E-state index contributed by atoms with van der Waals surface area (Å²) in [5, 5.41) is 16.6. The van der Waals surface area contributed by atoms with E-state index in [4.69, 9.17) is 0 Å². The van der Waals surface area contributed by atoms with Crippen LogP contribution in [0, 0.1) is 0 Å². The molecule has 0 fully saturated rings. The Morgan fingerprint density at radius 2 is 1.13 bits per heavy atom. The summed E-state index contributed by atoms with van der Waals surface area (Å²) >= 11 is -0.418. The zero-order chi connectivity index (χ0) is 25.4. The van der Waals surface area contributed by atoms with Crippen LogP contribution in [0.5, 0.6) is 0 Å². The van der Waals surface area contributed by atoms with Crippen LogP contribution in [0.1, 0.15) is 111 Å². The van der Waals surface area contributed by atoms with Gasteiger partial charge in [0.05, 0.1) is 0 Å². The molecule has 0 aliphatic heterocycles. The molecule has 0 radical (unpaired) electrons. The summed E-state index contributed by atoms with van der Waals surface area (Å²) in [5.41, 5.74) is 0.196. The van der Waals surface area contributed by atoms with Crippen molar-refractivity contribution in [1.82, 2.24) is 5.32 Å². The minimum absolute atomic E-state index is 0.0707. The van der Waals surface area contributed by atoms with E-state index in [1.54, 1.807) is 0 Å². The molecule has 1 atom stereocenters. The Kier molecular flexibility index (Phi) is 21.4. The van der Waals surface area contributed by atoms with Crippen LogP contribution in [-0.2, 0) is 18.2 Å². The van der Waals surface area contributed by atoms with E-state index >= 15 is 0 Å². The van der Waals surface area contributed by atoms with Gasteiger partial charge in [0, 0.05) is 0 Å². The Balaban J connectivity index is -0.000000380. The van der Waals surface area contributed by atoms with Crippen LogP contribution in [0.2, 0.25) is 0 Å². The molecular weight excluding hydrogens is 468 g/mol. The van der Waals surface area contributed by atoms with Gasteiger partial charge in [-0.25, -0.2) is 6.17 Å². The predicted molar refractivity (Wildman–Crippen MR) is 137 cm³/mol. The second-order valence-corrected chi connectivity index (χ2v) is 12.3. The average Bonchev–Trinajstić information content (AvgIpc) is 2.41. The Morgan fingerprint density at radius 3 is 1.39 bits per heavy atom. The Morgan fingerprint density at radius 1 is 0.710 bits per heavy atom. The molecular formula is C24H55MoN6-3. The molecule has 0 bridgehead atoms. The van der Waals surface area contributed by atoms with Gasteiger partial charge in [0.2, 0.25) is 0 Å². The number of nitrogens with one attached hydrogen (secondary N) is 1. The Hall–Kier alpha value is 0.128. The maximum absolute atomic E-state index is 4.54. The van der Waals surface area contributed by atoms with E-state index in [1.165, 1.54) is 0 Å². The van der Waals surface area contributed by atoms with E-state index in [0.29, 0.717) is 24.2 Å². The van der Waals surface area contributed by atoms with Crippen molar-refractivity contribution in [2.45, 2.75) is 158 Å². The molecule has 0 aromatic rings. The Bertz CT molecular complexity index is 459. The molecule has 0 saturated carbocycles. The summed E-state index contributed by atoms with van der Waals surface area (Å²) in [6, 6.07) is 1.78. The zero-order valence-corrected chi connectivity index (χ0v) is 25.6. The van der Waals surface area contributed by atoms with Crippen LogP contribution in [0.4, 0.5) is 0 Å². The van der Waals surface area contributed by atoms with Gasteiger partial charge >= 0.3 is 71.4 Å². The third-order valence-electron chi connectivity index (χ3n) is 2.76. The quantitative estimate of drug-likeness (QED) is 0.321. The second-order valence-electron chi connectivity index (χ2n) is 11.0. The van der Waals surface area contributed by atoms with Gasteiger partial charge in [-0.1, -0.05) is 75.4 Å². The monoisotopic (exact) mass is 525 g/mol. The summed E-state index contributed by atoms with van der Waals surface area (Å²) in [6.07, 6.45) is 0.426. The van der Waals surface area contributed by atoms with Gasteiger partial charge in [-0.05, 0) is 6.04 Å². The first-order valence-electron chi connectivity index (χ1n) is 11.7. The van der Waals surface area contributed by atoms with Gasteiger partial charge in [0.15, 0.2) is 0 Å². The topological polar surface area (TPSA) is 79.0 Å². The van der Waals surface area contributed by atoms with Gasteiger partial charge in [0.25, 0.3) is 0 Å². The van der Waals surface area contributed by atoms with Crippen LogP contribution in [0.25, 0.3) is 16.0 Å². The first-order valence-corrected chi connectivity index (χ1v) is 13.5. The summed E-state index contributed by atoms with van der Waals surface area (Å²) in [6.45, 7) is 33.6. The van der Waals surface area contributed by atoms with Crippen LogP contribution in [-0.4, -0.2) is 47.6 Å². The summed E-state index contributed by atoms with van der Waals surface area (Å²) in [5.74, 6) is 0. The fourth-order valence-electron chi connectivity index (χ4n) is 2.24. The molecule has 190 valence electrons. The molecule has 0 spiro atoms. The van der Waals surface area contributed by atoms with Crippen molar-refractivity contribution >= 4 is 0 Å². The van der Waals surface area contributed by atoms with Crippen LogP contribution < -0.4 is 5.32 Å². The summed E-state index contributed by atoms with van der Waals surface area (Å²) < 4.78 is 8.83. The molecule has 0 heterocycles. The molecule has 6 nitrogen and oxygen atoms in total. The van der Waals surface area contributed by atoms with E-state index < -0.39 is 18.2 Å². The van der Waals surface area contributed by atoms with Gasteiger partial charge in [-0.3, -0.25) is 0 Å². The molecule has 0 rings (SSSR count).